The number of rotatable bonds is 4. The molecule has 0 bridgehead atoms. The molecule has 0 amide bonds. The van der Waals surface area contributed by atoms with Crippen LogP contribution in [0.15, 0.2) is 48.5 Å². The molecule has 0 saturated heterocycles. The largest absolute Gasteiger partial charge is 0.497 e. The van der Waals surface area contributed by atoms with Gasteiger partial charge in [0.2, 0.25) is 0 Å². The summed E-state index contributed by atoms with van der Waals surface area (Å²) in [5.41, 5.74) is 10.1. The predicted molar refractivity (Wildman–Crippen MR) is 85.3 cm³/mol. The van der Waals surface area contributed by atoms with Gasteiger partial charge < -0.3 is 15.8 Å². The van der Waals surface area contributed by atoms with E-state index in [4.69, 9.17) is 10.5 Å². The van der Waals surface area contributed by atoms with Crippen LogP contribution in [0.3, 0.4) is 0 Å². The molecule has 3 atom stereocenters. The second kappa shape index (κ2) is 5.88. The fraction of sp³-hybridized carbons (Fsp3) is 0.333. The number of ether oxygens (including phenoxy) is 1. The summed E-state index contributed by atoms with van der Waals surface area (Å²) in [7, 11) is 1.70. The SMILES string of the molecule is COc1cccc([C@@H](C)NC2CC(N)c3ccccc32)c1. The van der Waals surface area contributed by atoms with Crippen LogP contribution in [-0.4, -0.2) is 7.11 Å². The van der Waals surface area contributed by atoms with Gasteiger partial charge in [0, 0.05) is 18.1 Å². The van der Waals surface area contributed by atoms with Gasteiger partial charge in [0.15, 0.2) is 0 Å². The van der Waals surface area contributed by atoms with Crippen LogP contribution in [-0.2, 0) is 0 Å². The Kier molecular flexibility index (Phi) is 3.95. The van der Waals surface area contributed by atoms with Gasteiger partial charge in [-0.2, -0.15) is 0 Å². The van der Waals surface area contributed by atoms with Gasteiger partial charge in [-0.1, -0.05) is 36.4 Å². The first kappa shape index (κ1) is 14.1. The van der Waals surface area contributed by atoms with Crippen LogP contribution in [0.2, 0.25) is 0 Å². The number of hydrogen-bond donors (Lipinski definition) is 2. The third-order valence-corrected chi connectivity index (χ3v) is 4.31. The summed E-state index contributed by atoms with van der Waals surface area (Å²) in [5, 5.41) is 3.70. The molecular formula is C18H22N2O. The molecule has 0 radical (unpaired) electrons. The van der Waals surface area contributed by atoms with E-state index in [-0.39, 0.29) is 12.1 Å². The summed E-state index contributed by atoms with van der Waals surface area (Å²) < 4.78 is 5.30. The Morgan fingerprint density at radius 1 is 1.14 bits per heavy atom. The first-order valence-corrected chi connectivity index (χ1v) is 7.43. The molecule has 2 aromatic carbocycles. The van der Waals surface area contributed by atoms with Gasteiger partial charge in [-0.05, 0) is 42.2 Å². The number of nitrogens with two attached hydrogens (primary N) is 1. The summed E-state index contributed by atoms with van der Waals surface area (Å²) in [4.78, 5) is 0. The van der Waals surface area contributed by atoms with Gasteiger partial charge >= 0.3 is 0 Å². The standard InChI is InChI=1S/C18H22N2O/c1-12(13-6-5-7-14(10-13)21-2)20-18-11-17(19)15-8-3-4-9-16(15)18/h3-10,12,17-18,20H,11,19H2,1-2H3/t12-,17?,18?/m1/s1. The molecule has 3 rings (SSSR count). The van der Waals surface area contributed by atoms with Gasteiger partial charge in [-0.25, -0.2) is 0 Å². The number of methoxy groups -OCH3 is 1. The van der Waals surface area contributed by atoms with Crippen LogP contribution in [0.4, 0.5) is 0 Å². The highest BCUT2D eigenvalue weighted by molar-refractivity contribution is 5.38. The average molecular weight is 282 g/mol. The molecule has 21 heavy (non-hydrogen) atoms. The zero-order valence-electron chi connectivity index (χ0n) is 12.5. The summed E-state index contributed by atoms with van der Waals surface area (Å²) in [5.74, 6) is 0.893. The minimum absolute atomic E-state index is 0.135. The Bertz CT molecular complexity index is 626. The van der Waals surface area contributed by atoms with E-state index < -0.39 is 0 Å². The van der Waals surface area contributed by atoms with E-state index in [0.717, 1.165) is 12.2 Å². The summed E-state index contributed by atoms with van der Waals surface area (Å²) >= 11 is 0. The molecule has 1 aliphatic carbocycles. The third-order valence-electron chi connectivity index (χ3n) is 4.31. The van der Waals surface area contributed by atoms with E-state index in [9.17, 15) is 0 Å². The van der Waals surface area contributed by atoms with Crippen LogP contribution in [0.25, 0.3) is 0 Å². The number of benzene rings is 2. The van der Waals surface area contributed by atoms with Crippen molar-refractivity contribution in [2.24, 2.45) is 5.73 Å². The lowest BCUT2D eigenvalue weighted by Gasteiger charge is -2.21. The minimum atomic E-state index is 0.135. The lowest BCUT2D eigenvalue weighted by Crippen LogP contribution is -2.23. The molecular weight excluding hydrogens is 260 g/mol. The highest BCUT2D eigenvalue weighted by Crippen LogP contribution is 2.38. The molecule has 0 aromatic heterocycles. The second-order valence-electron chi connectivity index (χ2n) is 5.69. The van der Waals surface area contributed by atoms with Crippen molar-refractivity contribution in [2.45, 2.75) is 31.5 Å². The molecule has 3 N–H and O–H groups in total. The van der Waals surface area contributed by atoms with Crippen molar-refractivity contribution in [3.05, 3.63) is 65.2 Å². The monoisotopic (exact) mass is 282 g/mol. The van der Waals surface area contributed by atoms with Crippen molar-refractivity contribution < 1.29 is 4.74 Å². The van der Waals surface area contributed by atoms with Crippen molar-refractivity contribution >= 4 is 0 Å². The van der Waals surface area contributed by atoms with E-state index in [1.54, 1.807) is 7.11 Å². The normalized spacial score (nSPS) is 21.9. The molecule has 2 aromatic rings. The van der Waals surface area contributed by atoms with Crippen molar-refractivity contribution in [3.63, 3.8) is 0 Å². The van der Waals surface area contributed by atoms with Gasteiger partial charge in [-0.3, -0.25) is 0 Å². The molecule has 3 heteroatoms. The average Bonchev–Trinajstić information content (AvgIpc) is 2.84. The topological polar surface area (TPSA) is 47.3 Å². The van der Waals surface area contributed by atoms with Crippen LogP contribution < -0.4 is 15.8 Å². The maximum Gasteiger partial charge on any atom is 0.119 e. The van der Waals surface area contributed by atoms with Gasteiger partial charge in [0.25, 0.3) is 0 Å². The molecule has 0 fully saturated rings. The maximum atomic E-state index is 6.24. The minimum Gasteiger partial charge on any atom is -0.497 e. The van der Waals surface area contributed by atoms with E-state index in [0.29, 0.717) is 6.04 Å². The quantitative estimate of drug-likeness (QED) is 0.902. The van der Waals surface area contributed by atoms with Crippen LogP contribution in [0, 0.1) is 0 Å². The molecule has 110 valence electrons. The van der Waals surface area contributed by atoms with Crippen LogP contribution >= 0.6 is 0 Å². The third kappa shape index (κ3) is 2.80. The van der Waals surface area contributed by atoms with Crippen molar-refractivity contribution in [1.82, 2.24) is 5.32 Å². The summed E-state index contributed by atoms with van der Waals surface area (Å²) in [6.45, 7) is 2.18. The van der Waals surface area contributed by atoms with Crippen LogP contribution in [0.1, 0.15) is 48.2 Å². The number of hydrogen-bond acceptors (Lipinski definition) is 3. The fourth-order valence-electron chi connectivity index (χ4n) is 3.14. The van der Waals surface area contributed by atoms with E-state index in [1.165, 1.54) is 16.7 Å². The van der Waals surface area contributed by atoms with E-state index in [2.05, 4.69) is 48.6 Å². The Labute approximate surface area is 126 Å². The van der Waals surface area contributed by atoms with Gasteiger partial charge in [0.05, 0.1) is 7.11 Å². The van der Waals surface area contributed by atoms with E-state index >= 15 is 0 Å². The molecule has 1 aliphatic rings. The fourth-order valence-corrected chi connectivity index (χ4v) is 3.14. The maximum absolute atomic E-state index is 6.24. The smallest absolute Gasteiger partial charge is 0.119 e. The van der Waals surface area contributed by atoms with E-state index in [1.807, 2.05) is 12.1 Å². The number of fused-ring (bicyclic) bond motifs is 1. The molecule has 0 saturated carbocycles. The van der Waals surface area contributed by atoms with Crippen molar-refractivity contribution in [2.75, 3.05) is 7.11 Å². The molecule has 0 aliphatic heterocycles. The first-order chi connectivity index (χ1) is 10.2. The molecule has 3 nitrogen and oxygen atoms in total. The molecule has 2 unspecified atom stereocenters. The summed E-state index contributed by atoms with van der Waals surface area (Å²) in [6, 6.07) is 17.4. The van der Waals surface area contributed by atoms with Crippen molar-refractivity contribution in [1.29, 1.82) is 0 Å². The van der Waals surface area contributed by atoms with Crippen LogP contribution in [0.5, 0.6) is 5.75 Å². The Morgan fingerprint density at radius 3 is 2.67 bits per heavy atom. The highest BCUT2D eigenvalue weighted by atomic mass is 16.5. The zero-order chi connectivity index (χ0) is 14.8. The van der Waals surface area contributed by atoms with Crippen molar-refractivity contribution in [3.8, 4) is 5.75 Å². The van der Waals surface area contributed by atoms with Gasteiger partial charge in [-0.15, -0.1) is 0 Å². The Morgan fingerprint density at radius 2 is 1.90 bits per heavy atom. The second-order valence-corrected chi connectivity index (χ2v) is 5.69. The Balaban J connectivity index is 1.78. The van der Waals surface area contributed by atoms with Gasteiger partial charge in [0.1, 0.15) is 5.75 Å². The lowest BCUT2D eigenvalue weighted by molar-refractivity contribution is 0.410. The summed E-state index contributed by atoms with van der Waals surface area (Å²) in [6.07, 6.45) is 0.952. The Hall–Kier alpha value is -1.84. The molecule has 0 spiro atoms. The molecule has 0 heterocycles. The lowest BCUT2D eigenvalue weighted by atomic mass is 10.0. The highest BCUT2D eigenvalue weighted by Gasteiger charge is 2.29. The predicted octanol–water partition coefficient (Wildman–Crippen LogP) is 3.49. The number of nitrogens with one attached hydrogen (secondary N) is 1. The zero-order valence-corrected chi connectivity index (χ0v) is 12.5. The first-order valence-electron chi connectivity index (χ1n) is 7.43.